The van der Waals surface area contributed by atoms with Gasteiger partial charge in [-0.3, -0.25) is 4.72 Å². The number of aromatic nitrogens is 3. The minimum atomic E-state index is -3.59. The van der Waals surface area contributed by atoms with Gasteiger partial charge in [0.05, 0.1) is 17.1 Å². The predicted octanol–water partition coefficient (Wildman–Crippen LogP) is 2.79. The fourth-order valence-corrected chi connectivity index (χ4v) is 3.10. The lowest BCUT2D eigenvalue weighted by Gasteiger charge is -2.12. The molecule has 1 aromatic carbocycles. The lowest BCUT2D eigenvalue weighted by Crippen LogP contribution is -2.18. The van der Waals surface area contributed by atoms with Crippen LogP contribution in [0, 0.1) is 4.77 Å². The number of nitrogens with one attached hydrogen (secondary N) is 2. The van der Waals surface area contributed by atoms with Crippen LogP contribution < -0.4 is 10.3 Å². The first kappa shape index (κ1) is 20.3. The van der Waals surface area contributed by atoms with Gasteiger partial charge in [0.2, 0.25) is 14.8 Å². The third kappa shape index (κ3) is 4.04. The Morgan fingerprint density at radius 2 is 2.04 bits per heavy atom. The Balaban J connectivity index is 2.70. The zero-order valence-electron chi connectivity index (χ0n) is 13.5. The SMILES string of the molecule is CCS(=O)(=O)Nc1ccc(C(=S)NF)c(-n2nc(C(F)F)n(C)c2=S)c1. The number of rotatable bonds is 6. The number of thiocarbonyl (C=S) groups is 1. The van der Waals surface area contributed by atoms with E-state index in [-0.39, 0.29) is 32.5 Å². The first-order valence-electron chi connectivity index (χ1n) is 7.11. The Morgan fingerprint density at radius 3 is 2.54 bits per heavy atom. The summed E-state index contributed by atoms with van der Waals surface area (Å²) >= 11 is 9.97. The molecule has 1 aromatic heterocycles. The van der Waals surface area contributed by atoms with E-state index in [9.17, 15) is 21.7 Å². The van der Waals surface area contributed by atoms with Gasteiger partial charge in [-0.15, -0.1) is 9.58 Å². The zero-order valence-corrected chi connectivity index (χ0v) is 16.0. The molecule has 0 radical (unpaired) electrons. The largest absolute Gasteiger partial charge is 0.302 e. The molecule has 0 amide bonds. The van der Waals surface area contributed by atoms with Crippen molar-refractivity contribution in [3.8, 4) is 5.69 Å². The minimum absolute atomic E-state index is 0.0453. The van der Waals surface area contributed by atoms with E-state index in [4.69, 9.17) is 24.4 Å². The third-order valence-electron chi connectivity index (χ3n) is 3.42. The molecule has 2 rings (SSSR count). The fourth-order valence-electron chi connectivity index (χ4n) is 2.06. The van der Waals surface area contributed by atoms with Crippen molar-refractivity contribution in [2.75, 3.05) is 10.5 Å². The number of hydrogen-bond donors (Lipinski definition) is 2. The number of anilines is 1. The maximum atomic E-state index is 13.1. The molecular weight excluding hydrogens is 411 g/mol. The van der Waals surface area contributed by atoms with Crippen molar-refractivity contribution in [1.82, 2.24) is 19.9 Å². The number of sulfonamides is 1. The maximum absolute atomic E-state index is 13.1. The van der Waals surface area contributed by atoms with Crippen molar-refractivity contribution < 1.29 is 21.7 Å². The van der Waals surface area contributed by atoms with Gasteiger partial charge in [-0.05, 0) is 37.3 Å². The highest BCUT2D eigenvalue weighted by Gasteiger charge is 2.21. The Morgan fingerprint density at radius 1 is 1.38 bits per heavy atom. The highest BCUT2D eigenvalue weighted by Crippen LogP contribution is 2.24. The van der Waals surface area contributed by atoms with Crippen LogP contribution in [0.2, 0.25) is 0 Å². The van der Waals surface area contributed by atoms with E-state index < -0.39 is 22.3 Å². The average molecular weight is 425 g/mol. The van der Waals surface area contributed by atoms with Crippen LogP contribution >= 0.6 is 24.4 Å². The summed E-state index contributed by atoms with van der Waals surface area (Å²) in [6.45, 7) is 1.45. The molecule has 0 bridgehead atoms. The van der Waals surface area contributed by atoms with Gasteiger partial charge in [0.25, 0.3) is 6.43 Å². The second-order valence-corrected chi connectivity index (χ2v) is 7.86. The molecular formula is C13H14F3N5O2S3. The first-order valence-corrected chi connectivity index (χ1v) is 9.58. The van der Waals surface area contributed by atoms with Gasteiger partial charge in [0, 0.05) is 12.6 Å². The molecule has 0 saturated heterocycles. The standard InChI is InChI=1S/C13H14F3N5O2S3/c1-3-26(22,23)19-7-4-5-8(12(24)17-16)9(6-7)21-13(25)20(2)11(18-21)10(14)15/h4-6,10,19H,3H2,1-2H3,(H,17,24). The number of hydrogen-bond acceptors (Lipinski definition) is 5. The molecule has 13 heteroatoms. The van der Waals surface area contributed by atoms with Gasteiger partial charge < -0.3 is 4.57 Å². The van der Waals surface area contributed by atoms with E-state index >= 15 is 0 Å². The Kier molecular flexibility index (Phi) is 6.03. The van der Waals surface area contributed by atoms with Crippen molar-refractivity contribution in [1.29, 1.82) is 0 Å². The van der Waals surface area contributed by atoms with Crippen LogP contribution in [-0.2, 0) is 17.1 Å². The Labute approximate surface area is 157 Å². The van der Waals surface area contributed by atoms with Crippen molar-refractivity contribution in [2.45, 2.75) is 13.3 Å². The molecule has 26 heavy (non-hydrogen) atoms. The van der Waals surface area contributed by atoms with Gasteiger partial charge in [0.1, 0.15) is 4.99 Å². The van der Waals surface area contributed by atoms with Crippen molar-refractivity contribution >= 4 is 45.1 Å². The number of nitrogens with zero attached hydrogens (tertiary/aromatic N) is 3. The van der Waals surface area contributed by atoms with Crippen LogP contribution in [0.3, 0.4) is 0 Å². The van der Waals surface area contributed by atoms with Gasteiger partial charge in [-0.1, -0.05) is 12.2 Å². The molecule has 0 fully saturated rings. The van der Waals surface area contributed by atoms with E-state index in [1.54, 1.807) is 0 Å². The molecule has 0 aliphatic rings. The molecule has 0 aliphatic carbocycles. The van der Waals surface area contributed by atoms with Crippen molar-refractivity contribution in [2.24, 2.45) is 7.05 Å². The molecule has 0 aliphatic heterocycles. The smallest absolute Gasteiger partial charge is 0.297 e. The number of alkyl halides is 2. The topological polar surface area (TPSA) is 81.0 Å². The first-order chi connectivity index (χ1) is 12.1. The second-order valence-electron chi connectivity index (χ2n) is 5.07. The third-order valence-corrected chi connectivity index (χ3v) is 5.47. The molecule has 2 N–H and O–H groups in total. The second kappa shape index (κ2) is 7.72. The van der Waals surface area contributed by atoms with Crippen molar-refractivity contribution in [3.63, 3.8) is 0 Å². The molecule has 1 heterocycles. The molecule has 0 spiro atoms. The van der Waals surface area contributed by atoms with Gasteiger partial charge in [-0.2, -0.15) is 0 Å². The van der Waals surface area contributed by atoms with Crippen molar-refractivity contribution in [3.05, 3.63) is 34.4 Å². The Hall–Kier alpha value is -1.99. The summed E-state index contributed by atoms with van der Waals surface area (Å²) in [5.41, 5.74) is 1.56. The van der Waals surface area contributed by atoms with Gasteiger partial charge in [0.15, 0.2) is 5.82 Å². The van der Waals surface area contributed by atoms with Crippen LogP contribution in [0.5, 0.6) is 0 Å². The molecule has 0 unspecified atom stereocenters. The molecule has 7 nitrogen and oxygen atoms in total. The lowest BCUT2D eigenvalue weighted by atomic mass is 10.1. The number of halogens is 3. The van der Waals surface area contributed by atoms with E-state index in [0.29, 0.717) is 0 Å². The summed E-state index contributed by atoms with van der Waals surface area (Å²) < 4.78 is 66.7. The molecule has 0 atom stereocenters. The molecule has 142 valence electrons. The average Bonchev–Trinajstić information content (AvgIpc) is 2.89. The monoisotopic (exact) mass is 425 g/mol. The summed E-state index contributed by atoms with van der Waals surface area (Å²) in [7, 11) is -2.28. The highest BCUT2D eigenvalue weighted by molar-refractivity contribution is 7.92. The molecule has 0 saturated carbocycles. The fraction of sp³-hybridized carbons (Fsp3) is 0.308. The van der Waals surface area contributed by atoms with Crippen LogP contribution in [0.4, 0.5) is 18.9 Å². The van der Waals surface area contributed by atoms with Crippen LogP contribution in [-0.4, -0.2) is 33.5 Å². The van der Waals surface area contributed by atoms with E-state index in [1.807, 2.05) is 0 Å². The summed E-state index contributed by atoms with van der Waals surface area (Å²) in [5, 5.41) is 3.75. The molecule has 2 aromatic rings. The summed E-state index contributed by atoms with van der Waals surface area (Å²) in [4.78, 5) is -0.337. The highest BCUT2D eigenvalue weighted by atomic mass is 32.2. The van der Waals surface area contributed by atoms with Gasteiger partial charge in [-0.25, -0.2) is 27.4 Å². The summed E-state index contributed by atoms with van der Waals surface area (Å²) in [6, 6.07) is 3.97. The van der Waals surface area contributed by atoms with Crippen LogP contribution in [0.15, 0.2) is 18.2 Å². The maximum Gasteiger partial charge on any atom is 0.297 e. The van der Waals surface area contributed by atoms with Crippen LogP contribution in [0.25, 0.3) is 5.69 Å². The van der Waals surface area contributed by atoms with E-state index in [1.165, 1.54) is 37.7 Å². The number of benzene rings is 1. The zero-order chi connectivity index (χ0) is 19.6. The van der Waals surface area contributed by atoms with E-state index in [2.05, 4.69) is 9.82 Å². The summed E-state index contributed by atoms with van der Waals surface area (Å²) in [5.74, 6) is -0.771. The normalized spacial score (nSPS) is 11.6. The quantitative estimate of drug-likeness (QED) is 0.547. The minimum Gasteiger partial charge on any atom is -0.302 e. The van der Waals surface area contributed by atoms with Gasteiger partial charge >= 0.3 is 0 Å². The lowest BCUT2D eigenvalue weighted by molar-refractivity contribution is 0.136. The van der Waals surface area contributed by atoms with E-state index in [0.717, 1.165) is 9.25 Å². The van der Waals surface area contributed by atoms with Crippen LogP contribution in [0.1, 0.15) is 24.7 Å². The predicted molar refractivity (Wildman–Crippen MR) is 97.4 cm³/mol. The Bertz CT molecular complexity index is 1000. The summed E-state index contributed by atoms with van der Waals surface area (Å²) in [6.07, 6.45) is -2.89.